The molecule has 10 heteroatoms. The minimum absolute atomic E-state index is 1.12. The average molecular weight is 832 g/mol. The molecule has 0 aliphatic heterocycles. The topological polar surface area (TPSA) is 224 Å². The maximum absolute atomic E-state index is 10.1. The van der Waals surface area contributed by atoms with Crippen LogP contribution in [0.1, 0.15) is 265 Å². The van der Waals surface area contributed by atoms with Gasteiger partial charge in [0.1, 0.15) is 5.60 Å². The van der Waals surface area contributed by atoms with Crippen LogP contribution in [0, 0.1) is 0 Å². The van der Waals surface area contributed by atoms with Gasteiger partial charge in [0.2, 0.25) is 0 Å². The Morgan fingerprint density at radius 2 is 0.500 bits per heavy atom. The first kappa shape index (κ1) is 62.9. The summed E-state index contributed by atoms with van der Waals surface area (Å²) in [5.41, 5.74) is 8.63. The molecule has 0 unspecified atom stereocenters. The van der Waals surface area contributed by atoms with E-state index in [1.54, 1.807) is 0 Å². The second-order valence-corrected chi connectivity index (χ2v) is 16.6. The molecule has 350 valence electrons. The molecule has 0 aromatic heterocycles. The molecule has 58 heavy (non-hydrogen) atoms. The molecular weight excluding hydrogens is 731 g/mol. The number of quaternary nitrogens is 3. The summed E-state index contributed by atoms with van der Waals surface area (Å²) < 4.78 is 0. The molecule has 0 aliphatic rings. The maximum Gasteiger partial charge on any atom is 0.114 e. The molecule has 10 N–H and O–H groups in total. The Morgan fingerprint density at radius 3 is 0.621 bits per heavy atom. The molecule has 0 radical (unpaired) electrons. The molecule has 0 aromatic rings. The Bertz CT molecular complexity index is 702. The van der Waals surface area contributed by atoms with E-state index in [-0.39, 0.29) is 0 Å². The smallest absolute Gasteiger partial charge is 0.114 e. The number of aliphatic carboxylic acids is 3. The number of hydrogen-bond acceptors (Lipinski definition) is 7. The Kier molecular flexibility index (Phi) is 59.9. The maximum atomic E-state index is 10.1. The first-order chi connectivity index (χ1) is 28.0. The number of carbonyl (C=O) groups is 3. The molecule has 0 aliphatic carbocycles. The van der Waals surface area contributed by atoms with Gasteiger partial charge in [-0.1, -0.05) is 213 Å². The van der Waals surface area contributed by atoms with Crippen molar-refractivity contribution in [2.45, 2.75) is 270 Å². The van der Waals surface area contributed by atoms with Gasteiger partial charge in [-0.25, -0.2) is 0 Å². The summed E-state index contributed by atoms with van der Waals surface area (Å²) in [6.07, 6.45) is 49.0. The summed E-state index contributed by atoms with van der Waals surface area (Å²) in [4.78, 5) is 30.0. The molecule has 0 saturated carbocycles. The number of carbonyl (C=O) groups excluding carboxylic acids is 3. The number of carboxylic acids is 3. The van der Waals surface area contributed by atoms with Gasteiger partial charge in [0.15, 0.2) is 0 Å². The SMILES string of the molecule is CCCCCCCCCCCCCC[NH3+].CCCCCCCCCCCCCC[NH3+].CCCCCCCCCCCCCC[NH3+].O=C([O-])CC(O)(CC(=O)[O-])C(=O)[O-]. The zero-order valence-electron chi connectivity index (χ0n) is 39.0. The summed E-state index contributed by atoms with van der Waals surface area (Å²) in [5, 5.41) is 38.9. The number of unbranched alkanes of at least 4 members (excludes halogenated alkanes) is 33. The lowest BCUT2D eigenvalue weighted by Crippen LogP contribution is -2.54. The van der Waals surface area contributed by atoms with Crippen LogP contribution in [0.2, 0.25) is 0 Å². The van der Waals surface area contributed by atoms with Crippen LogP contribution in [-0.2, 0) is 14.4 Å². The van der Waals surface area contributed by atoms with E-state index in [2.05, 4.69) is 38.0 Å². The summed E-state index contributed by atoms with van der Waals surface area (Å²) in [7, 11) is 0. The van der Waals surface area contributed by atoms with Gasteiger partial charge in [0.05, 0.1) is 25.6 Å². The minimum atomic E-state index is -2.97. The highest BCUT2D eigenvalue weighted by molar-refractivity contribution is 5.86. The fourth-order valence-electron chi connectivity index (χ4n) is 6.74. The van der Waals surface area contributed by atoms with E-state index < -0.39 is 36.4 Å². The van der Waals surface area contributed by atoms with Gasteiger partial charge in [0.25, 0.3) is 0 Å². The van der Waals surface area contributed by atoms with E-state index in [0.29, 0.717) is 0 Å². The van der Waals surface area contributed by atoms with Crippen molar-refractivity contribution in [3.05, 3.63) is 0 Å². The summed E-state index contributed by atoms with van der Waals surface area (Å²) >= 11 is 0. The van der Waals surface area contributed by atoms with Crippen LogP contribution in [-0.4, -0.2) is 48.2 Å². The molecule has 0 aromatic carbocycles. The van der Waals surface area contributed by atoms with Gasteiger partial charge in [-0.2, -0.15) is 0 Å². The standard InChI is InChI=1S/3C14H31N.C6H8O7/c3*1-2-3-4-5-6-7-8-9-10-11-12-13-14-15;7-3(8)1-6(13,5(11)12)2-4(9)10/h3*2-15H2,1H3;13H,1-2H2,(H,7,8)(H,9,10)(H,11,12). The number of hydrogen-bond donors (Lipinski definition) is 4. The van der Waals surface area contributed by atoms with Crippen LogP contribution in [0.15, 0.2) is 0 Å². The fraction of sp³-hybridized carbons (Fsp3) is 0.938. The molecule has 0 saturated heterocycles. The third-order valence-electron chi connectivity index (χ3n) is 10.6. The van der Waals surface area contributed by atoms with Crippen molar-refractivity contribution < 1.29 is 52.0 Å². The van der Waals surface area contributed by atoms with Gasteiger partial charge in [0, 0.05) is 24.8 Å². The van der Waals surface area contributed by atoms with Crippen LogP contribution in [0.4, 0.5) is 0 Å². The highest BCUT2D eigenvalue weighted by atomic mass is 16.4. The van der Waals surface area contributed by atoms with Crippen LogP contribution in [0.5, 0.6) is 0 Å². The fourth-order valence-corrected chi connectivity index (χ4v) is 6.74. The Hall–Kier alpha value is -1.75. The second-order valence-electron chi connectivity index (χ2n) is 16.6. The van der Waals surface area contributed by atoms with Crippen molar-refractivity contribution in [3.63, 3.8) is 0 Å². The first-order valence-corrected chi connectivity index (χ1v) is 24.7. The zero-order valence-corrected chi connectivity index (χ0v) is 39.0. The predicted molar refractivity (Wildman–Crippen MR) is 236 cm³/mol. The van der Waals surface area contributed by atoms with Crippen molar-refractivity contribution >= 4 is 17.9 Å². The van der Waals surface area contributed by atoms with Crippen LogP contribution in [0.25, 0.3) is 0 Å². The van der Waals surface area contributed by atoms with Gasteiger partial charge >= 0.3 is 0 Å². The van der Waals surface area contributed by atoms with Gasteiger partial charge in [-0.3, -0.25) is 0 Å². The van der Waals surface area contributed by atoms with E-state index >= 15 is 0 Å². The van der Waals surface area contributed by atoms with E-state index in [0.717, 1.165) is 19.6 Å². The van der Waals surface area contributed by atoms with Crippen molar-refractivity contribution in [2.75, 3.05) is 19.6 Å². The van der Waals surface area contributed by atoms with E-state index in [1.807, 2.05) is 0 Å². The van der Waals surface area contributed by atoms with Crippen molar-refractivity contribution in [1.29, 1.82) is 0 Å². The third-order valence-corrected chi connectivity index (χ3v) is 10.6. The van der Waals surface area contributed by atoms with Gasteiger partial charge < -0.3 is 52.0 Å². The second kappa shape index (κ2) is 55.2. The van der Waals surface area contributed by atoms with Crippen molar-refractivity contribution in [2.24, 2.45) is 0 Å². The Morgan fingerprint density at radius 1 is 0.345 bits per heavy atom. The average Bonchev–Trinajstić information content (AvgIpc) is 3.18. The molecular formula is C48H101N3O7. The Labute approximate surface area is 359 Å². The minimum Gasteiger partial charge on any atom is -0.550 e. The van der Waals surface area contributed by atoms with Crippen molar-refractivity contribution in [3.8, 4) is 0 Å². The predicted octanol–water partition coefficient (Wildman–Crippen LogP) is 6.54. The largest absolute Gasteiger partial charge is 0.550 e. The molecule has 0 atom stereocenters. The third kappa shape index (κ3) is 60.9. The normalized spacial score (nSPS) is 10.8. The van der Waals surface area contributed by atoms with Gasteiger partial charge in [-0.05, 0) is 38.5 Å². The molecule has 0 rings (SSSR count). The number of rotatable bonds is 41. The highest BCUT2D eigenvalue weighted by Gasteiger charge is 2.29. The quantitative estimate of drug-likeness (QED) is 0.0498. The van der Waals surface area contributed by atoms with E-state index in [1.165, 1.54) is 231 Å². The van der Waals surface area contributed by atoms with Crippen molar-refractivity contribution in [1.82, 2.24) is 0 Å². The molecule has 0 fully saturated rings. The molecule has 10 nitrogen and oxygen atoms in total. The molecule has 0 heterocycles. The van der Waals surface area contributed by atoms with Crippen LogP contribution in [0.3, 0.4) is 0 Å². The highest BCUT2D eigenvalue weighted by Crippen LogP contribution is 2.15. The lowest BCUT2D eigenvalue weighted by Gasteiger charge is -2.29. The van der Waals surface area contributed by atoms with E-state index in [4.69, 9.17) is 5.11 Å². The number of carboxylic acid groups (broad SMARTS) is 3. The molecule has 0 bridgehead atoms. The van der Waals surface area contributed by atoms with Gasteiger partial charge in [-0.15, -0.1) is 0 Å². The molecule has 0 spiro atoms. The Balaban J connectivity index is -0.000000336. The summed E-state index contributed by atoms with van der Waals surface area (Å²) in [5.74, 6) is -5.98. The first-order valence-electron chi connectivity index (χ1n) is 24.7. The number of aliphatic hydroxyl groups is 1. The van der Waals surface area contributed by atoms with Crippen LogP contribution < -0.4 is 32.5 Å². The van der Waals surface area contributed by atoms with Crippen LogP contribution >= 0.6 is 0 Å². The summed E-state index contributed by atoms with van der Waals surface area (Å²) in [6, 6.07) is 0. The lowest BCUT2D eigenvalue weighted by molar-refractivity contribution is -0.368. The lowest BCUT2D eigenvalue weighted by atomic mass is 9.96. The molecule has 0 amide bonds. The zero-order chi connectivity index (χ0) is 44.2. The summed E-state index contributed by atoms with van der Waals surface area (Å²) in [6.45, 7) is 10.2. The monoisotopic (exact) mass is 832 g/mol. The van der Waals surface area contributed by atoms with E-state index in [9.17, 15) is 29.7 Å².